The Labute approximate surface area is 167 Å². The number of amides is 1. The Balaban J connectivity index is 1.80. The lowest BCUT2D eigenvalue weighted by molar-refractivity contribution is -0.118. The molecule has 0 unspecified atom stereocenters. The van der Waals surface area contributed by atoms with Gasteiger partial charge in [0, 0.05) is 29.4 Å². The highest BCUT2D eigenvalue weighted by Gasteiger charge is 2.20. The Hall–Kier alpha value is -2.50. The molecule has 1 aromatic carbocycles. The molecule has 2 aromatic heterocycles. The van der Waals surface area contributed by atoms with Crippen LogP contribution < -0.4 is 16.2 Å². The molecule has 27 heavy (non-hydrogen) atoms. The van der Waals surface area contributed by atoms with Crippen molar-refractivity contribution < 1.29 is 13.9 Å². The lowest BCUT2D eigenvalue weighted by Gasteiger charge is -2.10. The predicted octanol–water partition coefficient (Wildman–Crippen LogP) is 1.55. The Morgan fingerprint density at radius 2 is 2.15 bits per heavy atom. The van der Waals surface area contributed by atoms with Crippen molar-refractivity contribution in [2.24, 2.45) is 5.73 Å². The molecule has 0 fully saturated rings. The SMILES string of the molecule is NC(=O)CCn1c(Cc2cc3c(cc2I)CCO3)nc2c(N)nc(F)nc21. The van der Waals surface area contributed by atoms with Crippen molar-refractivity contribution in [3.8, 4) is 5.75 Å². The molecule has 1 aliphatic heterocycles. The van der Waals surface area contributed by atoms with Gasteiger partial charge in [-0.15, -0.1) is 0 Å². The number of nitrogen functional groups attached to an aromatic ring is 1. The molecule has 0 saturated heterocycles. The van der Waals surface area contributed by atoms with Crippen molar-refractivity contribution in [2.75, 3.05) is 12.3 Å². The van der Waals surface area contributed by atoms with E-state index in [1.54, 1.807) is 4.57 Å². The van der Waals surface area contributed by atoms with Gasteiger partial charge in [-0.25, -0.2) is 4.98 Å². The molecule has 1 aliphatic rings. The summed E-state index contributed by atoms with van der Waals surface area (Å²) in [5.74, 6) is 0.971. The van der Waals surface area contributed by atoms with Crippen LogP contribution in [0.3, 0.4) is 0 Å². The van der Waals surface area contributed by atoms with E-state index in [9.17, 15) is 9.18 Å². The van der Waals surface area contributed by atoms with E-state index in [2.05, 4.69) is 43.6 Å². The van der Waals surface area contributed by atoms with E-state index in [1.165, 1.54) is 5.56 Å². The van der Waals surface area contributed by atoms with Gasteiger partial charge < -0.3 is 20.8 Å². The maximum Gasteiger partial charge on any atom is 0.312 e. The molecule has 140 valence electrons. The Morgan fingerprint density at radius 1 is 1.33 bits per heavy atom. The minimum atomic E-state index is -0.938. The summed E-state index contributed by atoms with van der Waals surface area (Å²) in [6.45, 7) is 0.909. The Bertz CT molecular complexity index is 1070. The van der Waals surface area contributed by atoms with Crippen LogP contribution in [0.1, 0.15) is 23.4 Å². The van der Waals surface area contributed by atoms with Gasteiger partial charge in [0.25, 0.3) is 0 Å². The molecule has 0 radical (unpaired) electrons. The zero-order chi connectivity index (χ0) is 19.1. The van der Waals surface area contributed by atoms with E-state index in [-0.39, 0.29) is 24.4 Å². The number of ether oxygens (including phenoxy) is 1. The van der Waals surface area contributed by atoms with Gasteiger partial charge >= 0.3 is 6.08 Å². The Morgan fingerprint density at radius 3 is 2.93 bits per heavy atom. The largest absolute Gasteiger partial charge is 0.493 e. The third-order valence-corrected chi connectivity index (χ3v) is 5.47. The van der Waals surface area contributed by atoms with Crippen molar-refractivity contribution in [1.82, 2.24) is 19.5 Å². The van der Waals surface area contributed by atoms with Crippen LogP contribution in [0.4, 0.5) is 10.2 Å². The van der Waals surface area contributed by atoms with Crippen molar-refractivity contribution in [3.05, 3.63) is 38.7 Å². The van der Waals surface area contributed by atoms with Crippen LogP contribution in [-0.4, -0.2) is 32.0 Å². The molecule has 8 nitrogen and oxygen atoms in total. The van der Waals surface area contributed by atoms with Crippen molar-refractivity contribution in [3.63, 3.8) is 0 Å². The standard InChI is InChI=1S/C17H16FIN6O2/c18-17-23-15(21)14-16(24-17)25(3-1-12(20)26)13(22-14)7-9-6-11-8(2-4-27-11)5-10(9)19/h5-6H,1-4,7H2,(H2,20,26)(H2,21,23,24). The average molecular weight is 482 g/mol. The molecule has 3 aromatic rings. The number of hydrogen-bond donors (Lipinski definition) is 2. The summed E-state index contributed by atoms with van der Waals surface area (Å²) in [5.41, 5.74) is 13.8. The highest BCUT2D eigenvalue weighted by molar-refractivity contribution is 14.1. The number of fused-ring (bicyclic) bond motifs is 2. The molecule has 0 spiro atoms. The van der Waals surface area contributed by atoms with E-state index in [0.717, 1.165) is 21.3 Å². The lowest BCUT2D eigenvalue weighted by atomic mass is 10.1. The third kappa shape index (κ3) is 3.40. The van der Waals surface area contributed by atoms with E-state index in [0.29, 0.717) is 24.4 Å². The highest BCUT2D eigenvalue weighted by atomic mass is 127. The molecule has 3 heterocycles. The number of carbonyl (C=O) groups excluding carboxylic acids is 1. The molecule has 4 rings (SSSR count). The van der Waals surface area contributed by atoms with E-state index >= 15 is 0 Å². The monoisotopic (exact) mass is 482 g/mol. The predicted molar refractivity (Wildman–Crippen MR) is 105 cm³/mol. The number of aromatic nitrogens is 4. The Kier molecular flexibility index (Phi) is 4.58. The van der Waals surface area contributed by atoms with Gasteiger partial charge in [0.05, 0.1) is 6.61 Å². The lowest BCUT2D eigenvalue weighted by Crippen LogP contribution is -2.16. The number of anilines is 1. The molecule has 1 amide bonds. The number of aryl methyl sites for hydroxylation is 1. The number of hydrogen-bond acceptors (Lipinski definition) is 6. The van der Waals surface area contributed by atoms with Gasteiger partial charge in [0.15, 0.2) is 17.0 Å². The minimum Gasteiger partial charge on any atom is -0.493 e. The summed E-state index contributed by atoms with van der Waals surface area (Å²) < 4.78 is 22.1. The fourth-order valence-electron chi connectivity index (χ4n) is 3.17. The van der Waals surface area contributed by atoms with Crippen LogP contribution in [0.25, 0.3) is 11.2 Å². The second-order valence-electron chi connectivity index (χ2n) is 6.27. The summed E-state index contributed by atoms with van der Waals surface area (Å²) in [7, 11) is 0. The molecule has 0 atom stereocenters. The summed E-state index contributed by atoms with van der Waals surface area (Å²) in [6.07, 6.45) is 0.487. The molecular formula is C17H16FIN6O2. The number of nitrogens with two attached hydrogens (primary N) is 2. The quantitative estimate of drug-likeness (QED) is 0.421. The van der Waals surface area contributed by atoms with Crippen LogP contribution in [0.2, 0.25) is 0 Å². The number of halogens is 2. The first-order chi connectivity index (χ1) is 12.9. The zero-order valence-electron chi connectivity index (χ0n) is 14.2. The van der Waals surface area contributed by atoms with Gasteiger partial charge in [-0.05, 0) is 45.9 Å². The van der Waals surface area contributed by atoms with Crippen LogP contribution in [0.5, 0.6) is 5.75 Å². The number of benzene rings is 1. The fourth-order valence-corrected chi connectivity index (χ4v) is 3.90. The van der Waals surface area contributed by atoms with Crippen molar-refractivity contribution in [1.29, 1.82) is 0 Å². The first-order valence-electron chi connectivity index (χ1n) is 8.33. The highest BCUT2D eigenvalue weighted by Crippen LogP contribution is 2.31. The van der Waals surface area contributed by atoms with Gasteiger partial charge in [-0.2, -0.15) is 14.4 Å². The molecule has 0 bridgehead atoms. The second-order valence-corrected chi connectivity index (χ2v) is 7.43. The summed E-state index contributed by atoms with van der Waals surface area (Å²) in [5, 5.41) is 0. The van der Waals surface area contributed by atoms with Gasteiger partial charge in [0.2, 0.25) is 5.91 Å². The smallest absolute Gasteiger partial charge is 0.312 e. The first-order valence-corrected chi connectivity index (χ1v) is 9.40. The van der Waals surface area contributed by atoms with Crippen LogP contribution in [0, 0.1) is 9.65 Å². The van der Waals surface area contributed by atoms with E-state index < -0.39 is 12.0 Å². The summed E-state index contributed by atoms with van der Waals surface area (Å²) >= 11 is 2.28. The molecule has 0 saturated carbocycles. The van der Waals surface area contributed by atoms with Crippen molar-refractivity contribution in [2.45, 2.75) is 25.8 Å². The minimum absolute atomic E-state index is 0.0384. The molecule has 4 N–H and O–H groups in total. The van der Waals surface area contributed by atoms with Crippen LogP contribution in [0.15, 0.2) is 12.1 Å². The van der Waals surface area contributed by atoms with Crippen LogP contribution in [-0.2, 0) is 24.2 Å². The topological polar surface area (TPSA) is 122 Å². The summed E-state index contributed by atoms with van der Waals surface area (Å²) in [4.78, 5) is 23.1. The summed E-state index contributed by atoms with van der Waals surface area (Å²) in [6, 6.07) is 4.10. The molecular weight excluding hydrogens is 466 g/mol. The second kappa shape index (κ2) is 6.91. The fraction of sp³-hybridized carbons (Fsp3) is 0.294. The normalized spacial score (nSPS) is 13.0. The molecule has 0 aliphatic carbocycles. The zero-order valence-corrected chi connectivity index (χ0v) is 16.4. The number of nitrogens with zero attached hydrogens (tertiary/aromatic N) is 4. The maximum absolute atomic E-state index is 13.7. The van der Waals surface area contributed by atoms with Gasteiger partial charge in [0.1, 0.15) is 11.6 Å². The van der Waals surface area contributed by atoms with Crippen LogP contribution >= 0.6 is 22.6 Å². The molecule has 10 heteroatoms. The number of carbonyl (C=O) groups is 1. The number of rotatable bonds is 5. The van der Waals surface area contributed by atoms with Gasteiger partial charge in [-0.3, -0.25) is 4.79 Å². The van der Waals surface area contributed by atoms with Gasteiger partial charge in [-0.1, -0.05) is 0 Å². The third-order valence-electron chi connectivity index (χ3n) is 4.46. The number of primary amides is 1. The van der Waals surface area contributed by atoms with E-state index in [1.807, 2.05) is 6.07 Å². The van der Waals surface area contributed by atoms with E-state index in [4.69, 9.17) is 16.2 Å². The number of imidazole rings is 1. The van der Waals surface area contributed by atoms with Crippen molar-refractivity contribution >= 4 is 45.5 Å². The average Bonchev–Trinajstić information content (AvgIpc) is 3.17. The first kappa shape index (κ1) is 17.9. The maximum atomic E-state index is 13.7.